The highest BCUT2D eigenvalue weighted by molar-refractivity contribution is 8.09. The second kappa shape index (κ2) is 5.92. The third-order valence-electron chi connectivity index (χ3n) is 2.68. The summed E-state index contributed by atoms with van der Waals surface area (Å²) in [6.07, 6.45) is -1.84. The predicted molar refractivity (Wildman–Crippen MR) is 63.8 cm³/mol. The molecule has 13 heteroatoms. The van der Waals surface area contributed by atoms with Crippen molar-refractivity contribution < 1.29 is 47.6 Å². The monoisotopic (exact) mass is 388 g/mol. The molecule has 0 unspecified atom stereocenters. The normalized spacial score (nSPS) is 14.3. The van der Waals surface area contributed by atoms with E-state index in [1.807, 2.05) is 0 Å². The van der Waals surface area contributed by atoms with E-state index in [0.29, 0.717) is 12.1 Å². The Balaban J connectivity index is 3.56. The number of rotatable bonds is 4. The molecule has 0 aliphatic heterocycles. The summed E-state index contributed by atoms with van der Waals surface area (Å²) in [5.41, 5.74) is -13.4. The van der Waals surface area contributed by atoms with Gasteiger partial charge < -0.3 is 0 Å². The van der Waals surface area contributed by atoms with Crippen molar-refractivity contribution in [1.29, 1.82) is 0 Å². The number of hydrogen-bond donors (Lipinski definition) is 0. The number of alkyl halides is 6. The van der Waals surface area contributed by atoms with Gasteiger partial charge >= 0.3 is 11.0 Å². The molecule has 0 heterocycles. The maximum Gasteiger partial charge on any atom is 0.498 e. The number of sulfone groups is 2. The highest BCUT2D eigenvalue weighted by atomic mass is 32.3. The average molecular weight is 388 g/mol. The van der Waals surface area contributed by atoms with E-state index in [2.05, 4.69) is 0 Å². The molecule has 23 heavy (non-hydrogen) atoms. The molecule has 0 amide bonds. The van der Waals surface area contributed by atoms with Crippen molar-refractivity contribution in [1.82, 2.24) is 0 Å². The van der Waals surface area contributed by atoms with Crippen LogP contribution in [0.1, 0.15) is 5.56 Å². The molecule has 1 aromatic rings. The molecular weight excluding hydrogens is 381 g/mol. The average Bonchev–Trinajstić information content (AvgIpc) is 2.34. The first-order chi connectivity index (χ1) is 10.1. The topological polar surface area (TPSA) is 68.3 Å². The van der Waals surface area contributed by atoms with Gasteiger partial charge in [0.15, 0.2) is 4.58 Å². The largest absolute Gasteiger partial charge is 0.498 e. The van der Waals surface area contributed by atoms with Gasteiger partial charge in [0, 0.05) is 6.42 Å². The smallest absolute Gasteiger partial charge is 0.218 e. The van der Waals surface area contributed by atoms with Gasteiger partial charge in [-0.05, 0) is 11.6 Å². The minimum Gasteiger partial charge on any atom is -0.218 e. The molecule has 0 radical (unpaired) electrons. The Morgan fingerprint density at radius 1 is 0.826 bits per heavy atom. The van der Waals surface area contributed by atoms with Gasteiger partial charge in [-0.1, -0.05) is 18.2 Å². The SMILES string of the molecule is O=S(=O)(C(Cc1ccccc1F)S(=O)(=O)C(F)(F)F)C(F)(F)F. The molecule has 0 aliphatic rings. The maximum absolute atomic E-state index is 13.4. The zero-order valence-corrected chi connectivity index (χ0v) is 12.3. The fourth-order valence-electron chi connectivity index (χ4n) is 1.53. The van der Waals surface area contributed by atoms with Crippen LogP contribution in [0.5, 0.6) is 0 Å². The molecule has 4 nitrogen and oxygen atoms in total. The van der Waals surface area contributed by atoms with E-state index in [9.17, 15) is 47.6 Å². The van der Waals surface area contributed by atoms with Crippen molar-refractivity contribution in [3.63, 3.8) is 0 Å². The summed E-state index contributed by atoms with van der Waals surface area (Å²) in [4.78, 5) is 0. The third kappa shape index (κ3) is 3.76. The van der Waals surface area contributed by atoms with Crippen LogP contribution in [-0.2, 0) is 26.1 Å². The lowest BCUT2D eigenvalue weighted by Crippen LogP contribution is -2.46. The Bertz CT molecular complexity index is 734. The fourth-order valence-corrected chi connectivity index (χ4v) is 4.91. The second-order valence-electron chi connectivity index (χ2n) is 4.21. The molecule has 0 N–H and O–H groups in total. The van der Waals surface area contributed by atoms with E-state index >= 15 is 0 Å². The van der Waals surface area contributed by atoms with Gasteiger partial charge in [0.25, 0.3) is 19.7 Å². The summed E-state index contributed by atoms with van der Waals surface area (Å²) in [5.74, 6) is -1.34. The lowest BCUT2D eigenvalue weighted by molar-refractivity contribution is -0.0471. The Morgan fingerprint density at radius 2 is 1.22 bits per heavy atom. The minimum atomic E-state index is -6.77. The molecule has 0 fully saturated rings. The van der Waals surface area contributed by atoms with E-state index in [-0.39, 0.29) is 0 Å². The van der Waals surface area contributed by atoms with Crippen LogP contribution in [0.25, 0.3) is 0 Å². The van der Waals surface area contributed by atoms with Crippen LogP contribution in [0.4, 0.5) is 30.7 Å². The van der Waals surface area contributed by atoms with E-state index in [1.165, 1.54) is 0 Å². The lowest BCUT2D eigenvalue weighted by atomic mass is 10.1. The first kappa shape index (κ1) is 19.7. The summed E-state index contributed by atoms with van der Waals surface area (Å²) in [6.45, 7) is 0. The third-order valence-corrected chi connectivity index (χ3v) is 7.21. The minimum absolute atomic E-state index is 0.632. The highest BCUT2D eigenvalue weighted by Gasteiger charge is 2.62. The van der Waals surface area contributed by atoms with Crippen LogP contribution in [0, 0.1) is 5.82 Å². The second-order valence-corrected chi connectivity index (χ2v) is 8.75. The Labute approximate surface area is 125 Å². The molecule has 0 atom stereocenters. The van der Waals surface area contributed by atoms with Crippen molar-refractivity contribution in [2.45, 2.75) is 22.0 Å². The van der Waals surface area contributed by atoms with Crippen LogP contribution in [0.15, 0.2) is 24.3 Å². The molecule has 0 aliphatic carbocycles. The summed E-state index contributed by atoms with van der Waals surface area (Å²) >= 11 is 0. The molecule has 0 saturated heterocycles. The number of halogens is 7. The van der Waals surface area contributed by atoms with Crippen molar-refractivity contribution in [3.8, 4) is 0 Å². The zero-order valence-electron chi connectivity index (χ0n) is 10.7. The number of benzene rings is 1. The molecule has 1 rings (SSSR count). The van der Waals surface area contributed by atoms with Gasteiger partial charge in [0.2, 0.25) is 0 Å². The Morgan fingerprint density at radius 3 is 1.57 bits per heavy atom. The highest BCUT2D eigenvalue weighted by Crippen LogP contribution is 2.37. The fraction of sp³-hybridized carbons (Fsp3) is 0.400. The Hall–Kier alpha value is -1.37. The zero-order chi connectivity index (χ0) is 18.3. The first-order valence-electron chi connectivity index (χ1n) is 5.46. The lowest BCUT2D eigenvalue weighted by Gasteiger charge is -2.21. The maximum atomic E-state index is 13.4. The van der Waals surface area contributed by atoms with E-state index in [4.69, 9.17) is 0 Å². The van der Waals surface area contributed by atoms with Gasteiger partial charge in [-0.15, -0.1) is 0 Å². The number of hydrogen-bond acceptors (Lipinski definition) is 4. The van der Waals surface area contributed by atoms with Gasteiger partial charge in [0.05, 0.1) is 0 Å². The van der Waals surface area contributed by atoms with Crippen LogP contribution in [0.3, 0.4) is 0 Å². The van der Waals surface area contributed by atoms with E-state index in [0.717, 1.165) is 12.1 Å². The van der Waals surface area contributed by atoms with Crippen molar-refractivity contribution in [2.75, 3.05) is 0 Å². The molecule has 0 spiro atoms. The summed E-state index contributed by atoms with van der Waals surface area (Å²) in [7, 11) is -13.5. The van der Waals surface area contributed by atoms with Crippen LogP contribution >= 0.6 is 0 Å². The van der Waals surface area contributed by atoms with Gasteiger partial charge in [-0.2, -0.15) is 26.3 Å². The molecule has 1 aromatic carbocycles. The van der Waals surface area contributed by atoms with Gasteiger partial charge in [-0.25, -0.2) is 21.2 Å². The Kier molecular flexibility index (Phi) is 5.07. The molecule has 0 aromatic heterocycles. The standard InChI is InChI=1S/C10H7F7O4S2/c11-7-4-2-1-3-6(7)5-8(22(18,19)9(12,13)14)23(20,21)10(15,16)17/h1-4,8H,5H2. The van der Waals surface area contributed by atoms with Crippen LogP contribution in [0.2, 0.25) is 0 Å². The predicted octanol–water partition coefficient (Wildman–Crippen LogP) is 2.56. The molecular formula is C10H7F7O4S2. The summed E-state index contributed by atoms with van der Waals surface area (Å²) < 4.78 is 129. The molecule has 0 bridgehead atoms. The molecule has 132 valence electrons. The van der Waals surface area contributed by atoms with E-state index < -0.39 is 53.1 Å². The van der Waals surface area contributed by atoms with Crippen LogP contribution < -0.4 is 0 Å². The van der Waals surface area contributed by atoms with E-state index in [1.54, 1.807) is 0 Å². The first-order valence-corrected chi connectivity index (χ1v) is 8.55. The summed E-state index contributed by atoms with van der Waals surface area (Å²) in [6, 6.07) is 3.34. The van der Waals surface area contributed by atoms with Crippen molar-refractivity contribution >= 4 is 19.7 Å². The van der Waals surface area contributed by atoms with Gasteiger partial charge in [0.1, 0.15) is 5.82 Å². The van der Waals surface area contributed by atoms with Crippen molar-refractivity contribution in [3.05, 3.63) is 35.6 Å². The van der Waals surface area contributed by atoms with Crippen molar-refractivity contribution in [2.24, 2.45) is 0 Å². The molecule has 0 saturated carbocycles. The summed E-state index contributed by atoms with van der Waals surface area (Å²) in [5, 5.41) is 0. The van der Waals surface area contributed by atoms with Gasteiger partial charge in [-0.3, -0.25) is 0 Å². The van der Waals surface area contributed by atoms with Crippen LogP contribution in [-0.4, -0.2) is 32.4 Å². The quantitative estimate of drug-likeness (QED) is 0.744.